The Hall–Kier alpha value is -2.29. The van der Waals surface area contributed by atoms with Crippen LogP contribution in [0.3, 0.4) is 0 Å². The van der Waals surface area contributed by atoms with E-state index in [4.69, 9.17) is 4.74 Å². The molecule has 0 amide bonds. The van der Waals surface area contributed by atoms with Gasteiger partial charge in [0.15, 0.2) is 0 Å². The number of aromatic nitrogens is 1. The molecule has 0 fully saturated rings. The summed E-state index contributed by atoms with van der Waals surface area (Å²) >= 11 is 0. The van der Waals surface area contributed by atoms with E-state index < -0.39 is 0 Å². The van der Waals surface area contributed by atoms with E-state index in [0.29, 0.717) is 11.1 Å². The highest BCUT2D eigenvalue weighted by molar-refractivity contribution is 5.88. The Labute approximate surface area is 137 Å². The molecule has 0 saturated carbocycles. The van der Waals surface area contributed by atoms with Crippen molar-refractivity contribution in [2.75, 3.05) is 7.11 Å². The van der Waals surface area contributed by atoms with Crippen molar-refractivity contribution in [2.45, 2.75) is 40.0 Å². The lowest BCUT2D eigenvalue weighted by Gasteiger charge is -2.17. The average molecular weight is 311 g/mol. The van der Waals surface area contributed by atoms with Gasteiger partial charge in [0, 0.05) is 11.4 Å². The van der Waals surface area contributed by atoms with E-state index in [1.165, 1.54) is 0 Å². The van der Waals surface area contributed by atoms with Gasteiger partial charge in [0.2, 0.25) is 0 Å². The Kier molecular flexibility index (Phi) is 5.80. The van der Waals surface area contributed by atoms with E-state index in [0.717, 1.165) is 36.0 Å². The first-order chi connectivity index (χ1) is 11.3. The second kappa shape index (κ2) is 7.82. The number of rotatable bonds is 3. The van der Waals surface area contributed by atoms with Crippen LogP contribution in [0.15, 0.2) is 47.3 Å². The van der Waals surface area contributed by atoms with E-state index >= 15 is 0 Å². The number of allylic oxidation sites excluding steroid dienone is 4. The number of hydrogen-bond acceptors (Lipinski definition) is 2. The predicted molar refractivity (Wildman–Crippen MR) is 98.1 cm³/mol. The fourth-order valence-electron chi connectivity index (χ4n) is 2.86. The number of fused-ring (bicyclic) bond motifs is 1. The zero-order chi connectivity index (χ0) is 16.8. The standard InChI is InChI=1S/C18H19NO2.C2H6/c1-3-14-12-13-8-7-11-16(21-2)17(13)18(20)19(14)15-9-5-4-6-10-15;1-2/h5,7-12H,3-4,6H2,1-2H3;1-2H3. The number of aryl methyl sites for hydroxylation is 1. The SMILES string of the molecule is CC.CCc1cc2cccc(OC)c2c(=O)n1C1=CCCC=C1. The van der Waals surface area contributed by atoms with Gasteiger partial charge in [-0.05, 0) is 42.9 Å². The van der Waals surface area contributed by atoms with Crippen LogP contribution in [0.1, 0.15) is 39.3 Å². The summed E-state index contributed by atoms with van der Waals surface area (Å²) in [5.74, 6) is 0.634. The predicted octanol–water partition coefficient (Wildman–Crippen LogP) is 4.79. The largest absolute Gasteiger partial charge is 0.496 e. The van der Waals surface area contributed by atoms with Crippen molar-refractivity contribution in [1.29, 1.82) is 0 Å². The highest BCUT2D eigenvalue weighted by atomic mass is 16.5. The summed E-state index contributed by atoms with van der Waals surface area (Å²) < 4.78 is 7.19. The first-order valence-corrected chi connectivity index (χ1v) is 8.35. The van der Waals surface area contributed by atoms with Gasteiger partial charge in [-0.1, -0.05) is 45.1 Å². The molecular formula is C20H25NO2. The molecule has 1 aliphatic rings. The fraction of sp³-hybridized carbons (Fsp3) is 0.350. The number of methoxy groups -OCH3 is 1. The summed E-state index contributed by atoms with van der Waals surface area (Å²) in [7, 11) is 1.60. The lowest BCUT2D eigenvalue weighted by Crippen LogP contribution is -2.23. The maximum atomic E-state index is 13.0. The molecule has 0 spiro atoms. The molecule has 1 heterocycles. The van der Waals surface area contributed by atoms with Gasteiger partial charge in [-0.3, -0.25) is 9.36 Å². The average Bonchev–Trinajstić information content (AvgIpc) is 2.63. The molecule has 2 aromatic rings. The van der Waals surface area contributed by atoms with Crippen molar-refractivity contribution >= 4 is 16.5 Å². The van der Waals surface area contributed by atoms with Crippen LogP contribution in [0.4, 0.5) is 0 Å². The Morgan fingerprint density at radius 1 is 1.22 bits per heavy atom. The number of pyridine rings is 1. The van der Waals surface area contributed by atoms with Crippen LogP contribution < -0.4 is 10.3 Å². The number of hydrogen-bond donors (Lipinski definition) is 0. The van der Waals surface area contributed by atoms with Crippen LogP contribution in [0.5, 0.6) is 5.75 Å². The molecule has 3 heteroatoms. The lowest BCUT2D eigenvalue weighted by atomic mass is 10.1. The van der Waals surface area contributed by atoms with Crippen molar-refractivity contribution in [3.63, 3.8) is 0 Å². The van der Waals surface area contributed by atoms with Crippen LogP contribution in [-0.4, -0.2) is 11.7 Å². The second-order valence-corrected chi connectivity index (χ2v) is 5.16. The minimum absolute atomic E-state index is 0.000370. The van der Waals surface area contributed by atoms with Gasteiger partial charge >= 0.3 is 0 Å². The molecule has 0 radical (unpaired) electrons. The van der Waals surface area contributed by atoms with Crippen molar-refractivity contribution < 1.29 is 4.74 Å². The molecule has 0 aliphatic heterocycles. The first-order valence-electron chi connectivity index (χ1n) is 8.35. The molecule has 0 unspecified atom stereocenters. The topological polar surface area (TPSA) is 31.2 Å². The molecule has 1 aromatic carbocycles. The van der Waals surface area contributed by atoms with E-state index in [-0.39, 0.29) is 5.56 Å². The van der Waals surface area contributed by atoms with Crippen molar-refractivity contribution in [3.05, 3.63) is 58.5 Å². The summed E-state index contributed by atoms with van der Waals surface area (Å²) in [5, 5.41) is 1.59. The monoisotopic (exact) mass is 311 g/mol. The Morgan fingerprint density at radius 2 is 2.00 bits per heavy atom. The molecule has 1 aliphatic carbocycles. The summed E-state index contributed by atoms with van der Waals surface area (Å²) in [6, 6.07) is 7.81. The third-order valence-electron chi connectivity index (χ3n) is 3.90. The number of ether oxygens (including phenoxy) is 1. The molecule has 3 rings (SSSR count). The maximum Gasteiger partial charge on any atom is 0.266 e. The Morgan fingerprint density at radius 3 is 2.61 bits per heavy atom. The summed E-state index contributed by atoms with van der Waals surface area (Å²) in [4.78, 5) is 13.0. The smallest absolute Gasteiger partial charge is 0.266 e. The van der Waals surface area contributed by atoms with E-state index in [2.05, 4.69) is 25.1 Å². The van der Waals surface area contributed by atoms with Crippen LogP contribution in [-0.2, 0) is 6.42 Å². The quantitative estimate of drug-likeness (QED) is 0.816. The van der Waals surface area contributed by atoms with Gasteiger partial charge < -0.3 is 4.74 Å². The number of nitrogens with zero attached hydrogens (tertiary/aromatic N) is 1. The highest BCUT2D eigenvalue weighted by Crippen LogP contribution is 2.25. The Balaban J connectivity index is 0.000000924. The third-order valence-corrected chi connectivity index (χ3v) is 3.90. The van der Waals surface area contributed by atoms with Crippen molar-refractivity contribution in [3.8, 4) is 5.75 Å². The van der Waals surface area contributed by atoms with Gasteiger partial charge in [0.1, 0.15) is 5.75 Å². The fourth-order valence-corrected chi connectivity index (χ4v) is 2.86. The van der Waals surface area contributed by atoms with Crippen LogP contribution in [0.2, 0.25) is 0 Å². The summed E-state index contributed by atoms with van der Waals surface area (Å²) in [6.45, 7) is 6.07. The third kappa shape index (κ3) is 3.24. The summed E-state index contributed by atoms with van der Waals surface area (Å²) in [6.07, 6.45) is 9.11. The molecule has 23 heavy (non-hydrogen) atoms. The number of benzene rings is 1. The first kappa shape index (κ1) is 17.1. The van der Waals surface area contributed by atoms with Crippen molar-refractivity contribution in [1.82, 2.24) is 4.57 Å². The van der Waals surface area contributed by atoms with Gasteiger partial charge in [0.05, 0.1) is 12.5 Å². The van der Waals surface area contributed by atoms with E-state index in [1.807, 2.05) is 42.7 Å². The van der Waals surface area contributed by atoms with Gasteiger partial charge in [-0.25, -0.2) is 0 Å². The van der Waals surface area contributed by atoms with Crippen LogP contribution in [0.25, 0.3) is 16.5 Å². The Bertz CT molecular complexity index is 797. The molecule has 1 aromatic heterocycles. The maximum absolute atomic E-state index is 13.0. The molecule has 0 N–H and O–H groups in total. The second-order valence-electron chi connectivity index (χ2n) is 5.16. The molecule has 122 valence electrons. The van der Waals surface area contributed by atoms with Crippen molar-refractivity contribution in [2.24, 2.45) is 0 Å². The molecule has 0 saturated heterocycles. The van der Waals surface area contributed by atoms with Gasteiger partial charge in [-0.2, -0.15) is 0 Å². The van der Waals surface area contributed by atoms with Gasteiger partial charge in [0.25, 0.3) is 5.56 Å². The molecule has 0 atom stereocenters. The minimum atomic E-state index is -0.000370. The van der Waals surface area contributed by atoms with Crippen LogP contribution in [0, 0.1) is 0 Å². The minimum Gasteiger partial charge on any atom is -0.496 e. The summed E-state index contributed by atoms with van der Waals surface area (Å²) in [5.41, 5.74) is 1.99. The molecular weight excluding hydrogens is 286 g/mol. The van der Waals surface area contributed by atoms with Gasteiger partial charge in [-0.15, -0.1) is 0 Å². The van der Waals surface area contributed by atoms with Crippen LogP contribution >= 0.6 is 0 Å². The highest BCUT2D eigenvalue weighted by Gasteiger charge is 2.14. The molecule has 0 bridgehead atoms. The zero-order valence-electron chi connectivity index (χ0n) is 14.4. The zero-order valence-corrected chi connectivity index (χ0v) is 14.4. The van der Waals surface area contributed by atoms with E-state index in [9.17, 15) is 4.79 Å². The van der Waals surface area contributed by atoms with E-state index in [1.54, 1.807) is 7.11 Å². The lowest BCUT2D eigenvalue weighted by molar-refractivity contribution is 0.419. The molecule has 3 nitrogen and oxygen atoms in total. The normalized spacial score (nSPS) is 13.3.